The fraction of sp³-hybridized carbons (Fsp3) is 0.571. The first-order valence-corrected chi connectivity index (χ1v) is 7.23. The molecule has 0 aliphatic carbocycles. The standard InChI is InChI=1S/C14H22O2S/c1-10(2)9-14(11(3)4)12-5-7-13(8-6-12)17(15)16/h5-8,10-11,14H,9H2,1-4H3,(H,15,16). The summed E-state index contributed by atoms with van der Waals surface area (Å²) in [6.07, 6.45) is 1.15. The summed E-state index contributed by atoms with van der Waals surface area (Å²) in [5.74, 6) is 1.77. The van der Waals surface area contributed by atoms with Crippen molar-refractivity contribution in [3.8, 4) is 0 Å². The molecule has 0 aliphatic rings. The van der Waals surface area contributed by atoms with Gasteiger partial charge in [0.15, 0.2) is 11.1 Å². The summed E-state index contributed by atoms with van der Waals surface area (Å²) in [6.45, 7) is 8.91. The predicted octanol–water partition coefficient (Wildman–Crippen LogP) is 4.05. The maximum Gasteiger partial charge on any atom is 0.186 e. The Morgan fingerprint density at radius 1 is 1.12 bits per heavy atom. The Labute approximate surface area is 107 Å². The monoisotopic (exact) mass is 254 g/mol. The highest BCUT2D eigenvalue weighted by Gasteiger charge is 2.17. The van der Waals surface area contributed by atoms with Crippen LogP contribution in [0.15, 0.2) is 29.2 Å². The molecule has 17 heavy (non-hydrogen) atoms. The fourth-order valence-electron chi connectivity index (χ4n) is 2.13. The Balaban J connectivity index is 2.91. The van der Waals surface area contributed by atoms with E-state index in [4.69, 9.17) is 4.55 Å². The minimum atomic E-state index is -1.87. The van der Waals surface area contributed by atoms with Crippen molar-refractivity contribution in [2.45, 2.75) is 44.9 Å². The van der Waals surface area contributed by atoms with Crippen LogP contribution in [-0.4, -0.2) is 8.76 Å². The average Bonchev–Trinajstić information content (AvgIpc) is 2.25. The molecule has 2 nitrogen and oxygen atoms in total. The average molecular weight is 254 g/mol. The van der Waals surface area contributed by atoms with Crippen LogP contribution < -0.4 is 0 Å². The summed E-state index contributed by atoms with van der Waals surface area (Å²) in [4.78, 5) is 0.473. The second kappa shape index (κ2) is 6.31. The molecule has 1 rings (SSSR count). The molecular formula is C14H22O2S. The maximum absolute atomic E-state index is 10.9. The third kappa shape index (κ3) is 4.25. The smallest absolute Gasteiger partial charge is 0.186 e. The first kappa shape index (κ1) is 14.4. The summed E-state index contributed by atoms with van der Waals surface area (Å²) in [5.41, 5.74) is 1.27. The van der Waals surface area contributed by atoms with Crippen LogP contribution in [0.25, 0.3) is 0 Å². The number of benzene rings is 1. The van der Waals surface area contributed by atoms with Gasteiger partial charge in [-0.2, -0.15) is 0 Å². The molecule has 0 saturated carbocycles. The van der Waals surface area contributed by atoms with Crippen LogP contribution in [0.2, 0.25) is 0 Å². The van der Waals surface area contributed by atoms with Crippen molar-refractivity contribution in [3.63, 3.8) is 0 Å². The summed E-state index contributed by atoms with van der Waals surface area (Å²) < 4.78 is 19.9. The molecule has 0 heterocycles. The normalized spacial score (nSPS) is 15.2. The topological polar surface area (TPSA) is 37.3 Å². The third-order valence-electron chi connectivity index (χ3n) is 3.04. The molecule has 2 unspecified atom stereocenters. The third-order valence-corrected chi connectivity index (χ3v) is 3.72. The van der Waals surface area contributed by atoms with Gasteiger partial charge in [-0.25, -0.2) is 4.21 Å². The molecule has 1 N–H and O–H groups in total. The highest BCUT2D eigenvalue weighted by Crippen LogP contribution is 2.31. The van der Waals surface area contributed by atoms with Crippen LogP contribution in [0.3, 0.4) is 0 Å². The molecule has 0 aliphatic heterocycles. The molecule has 2 atom stereocenters. The van der Waals surface area contributed by atoms with E-state index in [1.807, 2.05) is 12.1 Å². The van der Waals surface area contributed by atoms with Crippen molar-refractivity contribution in [1.29, 1.82) is 0 Å². The Bertz CT molecular complexity index is 368. The molecule has 0 aromatic heterocycles. The summed E-state index contributed by atoms with van der Waals surface area (Å²) in [5, 5.41) is 0. The largest absolute Gasteiger partial charge is 0.302 e. The molecule has 1 aromatic carbocycles. The highest BCUT2D eigenvalue weighted by atomic mass is 32.2. The molecule has 0 spiro atoms. The first-order chi connectivity index (χ1) is 7.91. The van der Waals surface area contributed by atoms with E-state index in [0.717, 1.165) is 6.42 Å². The van der Waals surface area contributed by atoms with Gasteiger partial charge in [0, 0.05) is 0 Å². The molecular weight excluding hydrogens is 232 g/mol. The fourth-order valence-corrected chi connectivity index (χ4v) is 2.50. The zero-order valence-electron chi connectivity index (χ0n) is 11.0. The highest BCUT2D eigenvalue weighted by molar-refractivity contribution is 7.79. The van der Waals surface area contributed by atoms with Gasteiger partial charge in [-0.05, 0) is 41.9 Å². The molecule has 1 aromatic rings. The maximum atomic E-state index is 10.9. The molecule has 0 fully saturated rings. The van der Waals surface area contributed by atoms with E-state index in [-0.39, 0.29) is 0 Å². The van der Waals surface area contributed by atoms with E-state index < -0.39 is 11.1 Å². The van der Waals surface area contributed by atoms with Crippen LogP contribution in [0.5, 0.6) is 0 Å². The van der Waals surface area contributed by atoms with Crippen molar-refractivity contribution in [2.75, 3.05) is 0 Å². The molecule has 3 heteroatoms. The summed E-state index contributed by atoms with van der Waals surface area (Å²) >= 11 is -1.87. The second-order valence-electron chi connectivity index (χ2n) is 5.30. The lowest BCUT2D eigenvalue weighted by molar-refractivity contribution is 0.407. The molecule has 0 amide bonds. The minimum Gasteiger partial charge on any atom is -0.302 e. The van der Waals surface area contributed by atoms with Crippen molar-refractivity contribution in [3.05, 3.63) is 29.8 Å². The number of hydrogen-bond acceptors (Lipinski definition) is 1. The zero-order valence-corrected chi connectivity index (χ0v) is 11.8. The SMILES string of the molecule is CC(C)CC(c1ccc(S(=O)O)cc1)C(C)C. The van der Waals surface area contributed by atoms with Crippen molar-refractivity contribution >= 4 is 11.1 Å². The molecule has 96 valence electrons. The van der Waals surface area contributed by atoms with Gasteiger partial charge < -0.3 is 4.55 Å². The Morgan fingerprint density at radius 2 is 1.65 bits per heavy atom. The van der Waals surface area contributed by atoms with Gasteiger partial charge in [0.05, 0.1) is 4.90 Å². The lowest BCUT2D eigenvalue weighted by atomic mass is 9.82. The second-order valence-corrected chi connectivity index (χ2v) is 6.27. The van der Waals surface area contributed by atoms with Gasteiger partial charge in [0.25, 0.3) is 0 Å². The van der Waals surface area contributed by atoms with E-state index in [1.165, 1.54) is 5.56 Å². The van der Waals surface area contributed by atoms with Gasteiger partial charge in [-0.1, -0.05) is 39.8 Å². The van der Waals surface area contributed by atoms with E-state index in [0.29, 0.717) is 22.6 Å². The van der Waals surface area contributed by atoms with Gasteiger partial charge in [-0.3, -0.25) is 0 Å². The Morgan fingerprint density at radius 3 is 2.00 bits per heavy atom. The van der Waals surface area contributed by atoms with Crippen LogP contribution in [0.4, 0.5) is 0 Å². The van der Waals surface area contributed by atoms with E-state index >= 15 is 0 Å². The van der Waals surface area contributed by atoms with Gasteiger partial charge in [0.2, 0.25) is 0 Å². The number of hydrogen-bond donors (Lipinski definition) is 1. The summed E-state index contributed by atoms with van der Waals surface area (Å²) in [6, 6.07) is 7.47. The molecule has 0 radical (unpaired) electrons. The molecule has 0 saturated heterocycles. The quantitative estimate of drug-likeness (QED) is 0.805. The summed E-state index contributed by atoms with van der Waals surface area (Å²) in [7, 11) is 0. The van der Waals surface area contributed by atoms with Crippen LogP contribution in [0, 0.1) is 11.8 Å². The lowest BCUT2D eigenvalue weighted by Crippen LogP contribution is -2.10. The van der Waals surface area contributed by atoms with Crippen LogP contribution >= 0.6 is 0 Å². The van der Waals surface area contributed by atoms with Crippen molar-refractivity contribution in [1.82, 2.24) is 0 Å². The van der Waals surface area contributed by atoms with E-state index in [2.05, 4.69) is 27.7 Å². The Kier molecular flexibility index (Phi) is 5.34. The van der Waals surface area contributed by atoms with Crippen LogP contribution in [0.1, 0.15) is 45.6 Å². The molecule has 0 bridgehead atoms. The van der Waals surface area contributed by atoms with Gasteiger partial charge in [-0.15, -0.1) is 0 Å². The van der Waals surface area contributed by atoms with Crippen LogP contribution in [-0.2, 0) is 11.1 Å². The minimum absolute atomic E-state index is 0.473. The van der Waals surface area contributed by atoms with E-state index in [9.17, 15) is 4.21 Å². The van der Waals surface area contributed by atoms with Crippen molar-refractivity contribution in [2.24, 2.45) is 11.8 Å². The van der Waals surface area contributed by atoms with Gasteiger partial charge in [0.1, 0.15) is 0 Å². The Hall–Kier alpha value is -0.670. The lowest BCUT2D eigenvalue weighted by Gasteiger charge is -2.23. The zero-order chi connectivity index (χ0) is 13.0. The number of rotatable bonds is 5. The van der Waals surface area contributed by atoms with Crippen molar-refractivity contribution < 1.29 is 8.76 Å². The first-order valence-electron chi connectivity index (χ1n) is 6.12. The van der Waals surface area contributed by atoms with Gasteiger partial charge >= 0.3 is 0 Å². The van der Waals surface area contributed by atoms with E-state index in [1.54, 1.807) is 12.1 Å². The predicted molar refractivity (Wildman–Crippen MR) is 72.5 cm³/mol.